The number of carboxylic acid groups (broad SMARTS) is 1. The molecule has 8 heteroatoms. The Morgan fingerprint density at radius 3 is 2.46 bits per heavy atom. The number of pyridine rings is 1. The summed E-state index contributed by atoms with van der Waals surface area (Å²) in [4.78, 5) is 15.4. The van der Waals surface area contributed by atoms with Gasteiger partial charge in [-0.25, -0.2) is 22.3 Å². The molecule has 0 aliphatic heterocycles. The zero-order valence-electron chi connectivity index (χ0n) is 14.9. The van der Waals surface area contributed by atoms with Gasteiger partial charge in [-0.15, -0.1) is 0 Å². The summed E-state index contributed by atoms with van der Waals surface area (Å²) in [5.41, 5.74) is 0.909. The predicted molar refractivity (Wildman–Crippen MR) is 102 cm³/mol. The van der Waals surface area contributed by atoms with Crippen LogP contribution in [0.5, 0.6) is 0 Å². The Kier molecular flexibility index (Phi) is 5.53. The summed E-state index contributed by atoms with van der Waals surface area (Å²) in [7, 11) is -4.05. The minimum absolute atomic E-state index is 0.0610. The van der Waals surface area contributed by atoms with Crippen LogP contribution in [0, 0.1) is 12.7 Å². The minimum Gasteiger partial charge on any atom is -0.478 e. The molecule has 3 rings (SSSR count). The first-order valence-corrected chi connectivity index (χ1v) is 9.80. The van der Waals surface area contributed by atoms with Gasteiger partial charge in [0.05, 0.1) is 22.7 Å². The van der Waals surface area contributed by atoms with Crippen molar-refractivity contribution in [1.29, 1.82) is 0 Å². The largest absolute Gasteiger partial charge is 0.478 e. The molecule has 0 spiro atoms. The number of carboxylic acids is 1. The minimum atomic E-state index is -4.05. The van der Waals surface area contributed by atoms with E-state index < -0.39 is 21.8 Å². The van der Waals surface area contributed by atoms with Crippen molar-refractivity contribution in [2.45, 2.75) is 18.4 Å². The Bertz CT molecular complexity index is 1130. The van der Waals surface area contributed by atoms with E-state index in [0.717, 1.165) is 6.07 Å². The second kappa shape index (κ2) is 7.87. The number of hydrogen-bond donors (Lipinski definition) is 2. The maximum Gasteiger partial charge on any atom is 0.336 e. The van der Waals surface area contributed by atoms with Crippen LogP contribution in [-0.2, 0) is 16.6 Å². The lowest BCUT2D eigenvalue weighted by molar-refractivity contribution is 0.0696. The van der Waals surface area contributed by atoms with Gasteiger partial charge < -0.3 is 5.11 Å². The molecule has 144 valence electrons. The molecule has 1 aromatic heterocycles. The summed E-state index contributed by atoms with van der Waals surface area (Å²) in [6.45, 7) is 1.46. The van der Waals surface area contributed by atoms with Crippen LogP contribution in [0.15, 0.2) is 65.7 Å². The number of aromatic carboxylic acids is 1. The molecular weight excluding hydrogens is 383 g/mol. The molecule has 0 saturated heterocycles. The van der Waals surface area contributed by atoms with Crippen molar-refractivity contribution in [3.8, 4) is 11.1 Å². The fourth-order valence-electron chi connectivity index (χ4n) is 2.78. The predicted octanol–water partition coefficient (Wildman–Crippen LogP) is 3.37. The fraction of sp³-hybridized carbons (Fsp3) is 0.100. The normalized spacial score (nSPS) is 11.4. The van der Waals surface area contributed by atoms with Gasteiger partial charge >= 0.3 is 5.97 Å². The van der Waals surface area contributed by atoms with E-state index in [2.05, 4.69) is 9.71 Å². The van der Waals surface area contributed by atoms with Crippen LogP contribution < -0.4 is 4.72 Å². The summed E-state index contributed by atoms with van der Waals surface area (Å²) < 4.78 is 42.1. The molecule has 0 saturated carbocycles. The molecule has 0 radical (unpaired) electrons. The molecule has 28 heavy (non-hydrogen) atoms. The van der Waals surface area contributed by atoms with Crippen LogP contribution in [0.1, 0.15) is 21.6 Å². The lowest BCUT2D eigenvalue weighted by Crippen LogP contribution is -2.24. The van der Waals surface area contributed by atoms with Crippen molar-refractivity contribution in [2.24, 2.45) is 0 Å². The van der Waals surface area contributed by atoms with E-state index in [1.807, 2.05) is 0 Å². The molecule has 0 atom stereocenters. The Morgan fingerprint density at radius 2 is 1.82 bits per heavy atom. The van der Waals surface area contributed by atoms with Gasteiger partial charge in [0.25, 0.3) is 0 Å². The van der Waals surface area contributed by atoms with Gasteiger partial charge in [-0.3, -0.25) is 4.98 Å². The van der Waals surface area contributed by atoms with E-state index in [-0.39, 0.29) is 33.7 Å². The number of aromatic nitrogens is 1. The van der Waals surface area contributed by atoms with Gasteiger partial charge in [-0.1, -0.05) is 24.3 Å². The molecule has 2 N–H and O–H groups in total. The average molecular weight is 400 g/mol. The van der Waals surface area contributed by atoms with E-state index in [1.165, 1.54) is 37.4 Å². The van der Waals surface area contributed by atoms with E-state index in [9.17, 15) is 22.7 Å². The first kappa shape index (κ1) is 19.7. The third-order valence-corrected chi connectivity index (χ3v) is 5.64. The molecule has 0 aliphatic rings. The van der Waals surface area contributed by atoms with Crippen LogP contribution in [0.3, 0.4) is 0 Å². The quantitative estimate of drug-likeness (QED) is 0.661. The molecule has 2 aromatic carbocycles. The number of carbonyl (C=O) groups is 1. The van der Waals surface area contributed by atoms with E-state index >= 15 is 0 Å². The van der Waals surface area contributed by atoms with Gasteiger partial charge in [0.15, 0.2) is 0 Å². The van der Waals surface area contributed by atoms with Crippen LogP contribution >= 0.6 is 0 Å². The third kappa shape index (κ3) is 4.08. The van der Waals surface area contributed by atoms with Gasteiger partial charge in [0, 0.05) is 11.8 Å². The van der Waals surface area contributed by atoms with Gasteiger partial charge in [0.1, 0.15) is 5.82 Å². The topological polar surface area (TPSA) is 96.4 Å². The molecule has 0 aliphatic carbocycles. The fourth-order valence-corrected chi connectivity index (χ4v) is 3.83. The van der Waals surface area contributed by atoms with Gasteiger partial charge in [-0.2, -0.15) is 0 Å². The lowest BCUT2D eigenvalue weighted by atomic mass is 9.96. The molecule has 0 unspecified atom stereocenters. The third-order valence-electron chi connectivity index (χ3n) is 4.26. The molecule has 0 bridgehead atoms. The number of rotatable bonds is 6. The Hall–Kier alpha value is -3.10. The highest BCUT2D eigenvalue weighted by Gasteiger charge is 2.22. The first-order chi connectivity index (χ1) is 13.3. The maximum absolute atomic E-state index is 14.3. The van der Waals surface area contributed by atoms with Crippen LogP contribution in [0.2, 0.25) is 0 Å². The smallest absolute Gasteiger partial charge is 0.336 e. The summed E-state index contributed by atoms with van der Waals surface area (Å²) >= 11 is 0. The van der Waals surface area contributed by atoms with Crippen LogP contribution in [0.4, 0.5) is 4.39 Å². The Balaban J connectivity index is 2.08. The second-order valence-electron chi connectivity index (χ2n) is 6.07. The summed E-state index contributed by atoms with van der Waals surface area (Å²) in [6.07, 6.45) is 1.54. The monoisotopic (exact) mass is 400 g/mol. The van der Waals surface area contributed by atoms with Crippen molar-refractivity contribution >= 4 is 16.0 Å². The molecule has 0 fully saturated rings. The van der Waals surface area contributed by atoms with E-state index in [1.54, 1.807) is 24.3 Å². The highest BCUT2D eigenvalue weighted by molar-refractivity contribution is 7.89. The maximum atomic E-state index is 14.3. The average Bonchev–Trinajstić information content (AvgIpc) is 2.68. The molecule has 1 heterocycles. The number of benzene rings is 2. The van der Waals surface area contributed by atoms with Crippen molar-refractivity contribution in [2.75, 3.05) is 0 Å². The Labute approximate surface area is 161 Å². The standard InChI is InChI=1S/C20H17FN2O4S/c1-13-17(16-7-2-3-8-19(16)21)10-15(11-18(13)20(24)25)28(26,27)23-12-14-6-4-5-9-22-14/h2-11,23H,12H2,1H3,(H,24,25). The highest BCUT2D eigenvalue weighted by Crippen LogP contribution is 2.31. The van der Waals surface area contributed by atoms with Crippen molar-refractivity contribution in [3.63, 3.8) is 0 Å². The molecular formula is C20H17FN2O4S. The summed E-state index contributed by atoms with van der Waals surface area (Å²) in [5.74, 6) is -1.87. The molecule has 6 nitrogen and oxygen atoms in total. The van der Waals surface area contributed by atoms with Gasteiger partial charge in [-0.05, 0) is 48.4 Å². The summed E-state index contributed by atoms with van der Waals surface area (Å²) in [5, 5.41) is 9.49. The van der Waals surface area contributed by atoms with Crippen LogP contribution in [0.25, 0.3) is 11.1 Å². The number of halogens is 1. The summed E-state index contributed by atoms with van der Waals surface area (Å²) in [6, 6.07) is 13.2. The first-order valence-electron chi connectivity index (χ1n) is 8.32. The Morgan fingerprint density at radius 1 is 1.11 bits per heavy atom. The van der Waals surface area contributed by atoms with Crippen LogP contribution in [-0.4, -0.2) is 24.5 Å². The zero-order valence-corrected chi connectivity index (χ0v) is 15.7. The van der Waals surface area contributed by atoms with Crippen molar-refractivity contribution in [1.82, 2.24) is 9.71 Å². The van der Waals surface area contributed by atoms with Crippen molar-refractivity contribution < 1.29 is 22.7 Å². The molecule has 3 aromatic rings. The molecule has 0 amide bonds. The number of nitrogens with zero attached hydrogens (tertiary/aromatic N) is 1. The lowest BCUT2D eigenvalue weighted by Gasteiger charge is -2.14. The van der Waals surface area contributed by atoms with E-state index in [0.29, 0.717) is 5.69 Å². The number of nitrogens with one attached hydrogen (secondary N) is 1. The van der Waals surface area contributed by atoms with E-state index in [4.69, 9.17) is 0 Å². The van der Waals surface area contributed by atoms with Gasteiger partial charge in [0.2, 0.25) is 10.0 Å². The zero-order chi connectivity index (χ0) is 20.3. The number of sulfonamides is 1. The van der Waals surface area contributed by atoms with Crippen molar-refractivity contribution in [3.05, 3.63) is 83.4 Å². The number of hydrogen-bond acceptors (Lipinski definition) is 4. The SMILES string of the molecule is Cc1c(C(=O)O)cc(S(=O)(=O)NCc2ccccn2)cc1-c1ccccc1F. The highest BCUT2D eigenvalue weighted by atomic mass is 32.2. The second-order valence-corrected chi connectivity index (χ2v) is 7.84.